The highest BCUT2D eigenvalue weighted by Crippen LogP contribution is 2.13. The molecule has 1 aliphatic carbocycles. The average Bonchev–Trinajstić information content (AvgIpc) is 1.69. The number of allylic oxidation sites excluding steroid dienone is 3. The van der Waals surface area contributed by atoms with Crippen molar-refractivity contribution in [3.05, 3.63) is 24.3 Å². The normalized spacial score (nSPS) is 20.3. The highest BCUT2D eigenvalue weighted by Gasteiger charge is 1.93. The second-order valence-electron chi connectivity index (χ2n) is 1.87. The monoisotopic (exact) mass is 93.1 g/mol. The van der Waals surface area contributed by atoms with Gasteiger partial charge in [0, 0.05) is 0 Å². The van der Waals surface area contributed by atoms with E-state index < -0.39 is 0 Å². The predicted octanol–water partition coefficient (Wildman–Crippen LogP) is 2.09. The van der Waals surface area contributed by atoms with E-state index in [9.17, 15) is 0 Å². The summed E-state index contributed by atoms with van der Waals surface area (Å²) in [5.41, 5.74) is 1.13. The van der Waals surface area contributed by atoms with Crippen molar-refractivity contribution >= 4 is 0 Å². The van der Waals surface area contributed by atoms with Crippen LogP contribution in [-0.2, 0) is 0 Å². The Labute approximate surface area is 44.5 Å². The minimum atomic E-state index is 1.00. The van der Waals surface area contributed by atoms with Crippen LogP contribution < -0.4 is 0 Å². The molecular formula is C7H9. The van der Waals surface area contributed by atoms with Gasteiger partial charge in [-0.1, -0.05) is 24.3 Å². The Morgan fingerprint density at radius 1 is 1.43 bits per heavy atom. The average molecular weight is 93.1 g/mol. The van der Waals surface area contributed by atoms with E-state index in [-0.39, 0.29) is 0 Å². The van der Waals surface area contributed by atoms with Crippen molar-refractivity contribution in [1.29, 1.82) is 0 Å². The molecule has 0 amide bonds. The van der Waals surface area contributed by atoms with Crippen LogP contribution in [0, 0.1) is 6.58 Å². The Hall–Kier alpha value is -0.520. The fourth-order valence-electron chi connectivity index (χ4n) is 0.723. The maximum absolute atomic E-state index is 5.50. The summed E-state index contributed by atoms with van der Waals surface area (Å²) in [4.78, 5) is 0. The first-order valence-electron chi connectivity index (χ1n) is 2.65. The highest BCUT2D eigenvalue weighted by molar-refractivity contribution is 5.06. The maximum Gasteiger partial charge on any atom is -0.0136 e. The van der Waals surface area contributed by atoms with Crippen LogP contribution >= 0.6 is 0 Å². The van der Waals surface area contributed by atoms with Crippen LogP contribution in [-0.4, -0.2) is 0 Å². The van der Waals surface area contributed by atoms with Crippen LogP contribution in [0.5, 0.6) is 0 Å². The van der Waals surface area contributed by atoms with Crippen LogP contribution in [0.25, 0.3) is 0 Å². The van der Waals surface area contributed by atoms with Gasteiger partial charge in [-0.25, -0.2) is 0 Å². The molecule has 0 heterocycles. The lowest BCUT2D eigenvalue weighted by Crippen LogP contribution is -1.83. The molecule has 0 spiro atoms. The molecule has 0 saturated carbocycles. The van der Waals surface area contributed by atoms with E-state index in [1.807, 2.05) is 0 Å². The van der Waals surface area contributed by atoms with Crippen molar-refractivity contribution in [2.75, 3.05) is 0 Å². The zero-order valence-corrected chi connectivity index (χ0v) is 4.35. The van der Waals surface area contributed by atoms with Crippen molar-refractivity contribution < 1.29 is 0 Å². The molecule has 0 unspecified atom stereocenters. The first-order chi connectivity index (χ1) is 3.39. The lowest BCUT2D eigenvalue weighted by Gasteiger charge is -2.02. The molecule has 0 aromatic heterocycles. The second-order valence-corrected chi connectivity index (χ2v) is 1.87. The van der Waals surface area contributed by atoms with Crippen molar-refractivity contribution in [2.45, 2.75) is 19.3 Å². The van der Waals surface area contributed by atoms with E-state index in [0.29, 0.717) is 0 Å². The fraction of sp³-hybridized carbons (Fsp3) is 0.429. The van der Waals surface area contributed by atoms with E-state index in [2.05, 4.69) is 12.2 Å². The Balaban J connectivity index is 2.47. The van der Waals surface area contributed by atoms with Gasteiger partial charge in [-0.15, -0.1) is 0 Å². The highest BCUT2D eigenvalue weighted by atomic mass is 14.0. The lowest BCUT2D eigenvalue weighted by atomic mass is 10.0. The summed E-state index contributed by atoms with van der Waals surface area (Å²) in [5.74, 6) is 0. The molecule has 37 valence electrons. The summed E-state index contributed by atoms with van der Waals surface area (Å²) in [6, 6.07) is 0. The summed E-state index contributed by atoms with van der Waals surface area (Å²) in [6.07, 6.45) is 7.54. The summed E-state index contributed by atoms with van der Waals surface area (Å²) in [6.45, 7) is 5.50. The van der Waals surface area contributed by atoms with Crippen molar-refractivity contribution in [3.8, 4) is 0 Å². The van der Waals surface area contributed by atoms with Crippen molar-refractivity contribution in [3.63, 3.8) is 0 Å². The second kappa shape index (κ2) is 1.97. The quantitative estimate of drug-likeness (QED) is 0.402. The summed E-state index contributed by atoms with van der Waals surface area (Å²) < 4.78 is 0. The van der Waals surface area contributed by atoms with Gasteiger partial charge in [-0.2, -0.15) is 0 Å². The molecule has 1 radical (unpaired) electrons. The van der Waals surface area contributed by atoms with Crippen LogP contribution in [0.1, 0.15) is 19.3 Å². The van der Waals surface area contributed by atoms with Gasteiger partial charge in [0.05, 0.1) is 0 Å². The van der Waals surface area contributed by atoms with Crippen LogP contribution in [0.2, 0.25) is 0 Å². The Bertz CT molecular complexity index is 98.6. The van der Waals surface area contributed by atoms with E-state index in [1.54, 1.807) is 0 Å². The lowest BCUT2D eigenvalue weighted by molar-refractivity contribution is 0.902. The van der Waals surface area contributed by atoms with Crippen LogP contribution in [0.15, 0.2) is 17.7 Å². The molecular weight excluding hydrogens is 84.1 g/mol. The van der Waals surface area contributed by atoms with E-state index in [1.165, 1.54) is 0 Å². The van der Waals surface area contributed by atoms with E-state index in [0.717, 1.165) is 24.8 Å². The summed E-state index contributed by atoms with van der Waals surface area (Å²) in [5, 5.41) is 0. The summed E-state index contributed by atoms with van der Waals surface area (Å²) in [7, 11) is 0. The molecule has 0 bridgehead atoms. The molecule has 0 heteroatoms. The molecule has 0 aromatic carbocycles. The molecule has 1 aliphatic rings. The van der Waals surface area contributed by atoms with Gasteiger partial charge in [-0.05, 0) is 19.3 Å². The number of hydrogen-bond acceptors (Lipinski definition) is 0. The van der Waals surface area contributed by atoms with Gasteiger partial charge in [0.25, 0.3) is 0 Å². The van der Waals surface area contributed by atoms with Gasteiger partial charge in [-0.3, -0.25) is 0 Å². The Morgan fingerprint density at radius 2 is 2.29 bits per heavy atom. The van der Waals surface area contributed by atoms with E-state index in [4.69, 9.17) is 6.58 Å². The minimum absolute atomic E-state index is 1.00. The minimum Gasteiger partial charge on any atom is -0.0879 e. The topological polar surface area (TPSA) is 0 Å². The van der Waals surface area contributed by atoms with E-state index >= 15 is 0 Å². The summed E-state index contributed by atoms with van der Waals surface area (Å²) >= 11 is 0. The standard InChI is InChI=1S/C7H9/c1-7-5-3-2-4-6-7/h1-3H,4-6H2. The zero-order chi connectivity index (χ0) is 5.11. The Morgan fingerprint density at radius 3 is 2.57 bits per heavy atom. The molecule has 0 N–H and O–H groups in total. The molecule has 0 saturated heterocycles. The maximum atomic E-state index is 5.50. The Kier molecular flexibility index (Phi) is 1.30. The SMILES string of the molecule is [CH]=C1CC=CCC1. The fourth-order valence-corrected chi connectivity index (χ4v) is 0.723. The first-order valence-corrected chi connectivity index (χ1v) is 2.65. The van der Waals surface area contributed by atoms with Gasteiger partial charge in [0.2, 0.25) is 0 Å². The van der Waals surface area contributed by atoms with Gasteiger partial charge in [0.1, 0.15) is 0 Å². The third kappa shape index (κ3) is 1.19. The van der Waals surface area contributed by atoms with Crippen LogP contribution in [0.3, 0.4) is 0 Å². The molecule has 0 nitrogen and oxygen atoms in total. The smallest absolute Gasteiger partial charge is 0.0136 e. The van der Waals surface area contributed by atoms with Crippen molar-refractivity contribution in [1.82, 2.24) is 0 Å². The first kappa shape index (κ1) is 4.63. The van der Waals surface area contributed by atoms with Gasteiger partial charge < -0.3 is 0 Å². The third-order valence-corrected chi connectivity index (χ3v) is 1.18. The zero-order valence-electron chi connectivity index (χ0n) is 4.35. The van der Waals surface area contributed by atoms with Crippen LogP contribution in [0.4, 0.5) is 0 Å². The molecule has 7 heavy (non-hydrogen) atoms. The molecule has 0 atom stereocenters. The largest absolute Gasteiger partial charge is 0.0879 e. The molecule has 0 fully saturated rings. The molecule has 0 aliphatic heterocycles. The number of hydrogen-bond donors (Lipinski definition) is 0. The van der Waals surface area contributed by atoms with Crippen molar-refractivity contribution in [2.24, 2.45) is 0 Å². The molecule has 0 aromatic rings. The van der Waals surface area contributed by atoms with Gasteiger partial charge in [0.15, 0.2) is 0 Å². The number of rotatable bonds is 0. The predicted molar refractivity (Wildman–Crippen MR) is 30.8 cm³/mol. The van der Waals surface area contributed by atoms with Gasteiger partial charge >= 0.3 is 0 Å². The third-order valence-electron chi connectivity index (χ3n) is 1.18. The molecule has 1 rings (SSSR count).